The molecule has 3 aromatic carbocycles. The van der Waals surface area contributed by atoms with Gasteiger partial charge in [-0.05, 0) is 54.2 Å². The van der Waals surface area contributed by atoms with Gasteiger partial charge in [-0.15, -0.1) is 0 Å². The van der Waals surface area contributed by atoms with Gasteiger partial charge in [-0.2, -0.15) is 17.7 Å². The number of hydrogen-bond acceptors (Lipinski definition) is 2. The number of imidazole rings is 1. The first-order valence-corrected chi connectivity index (χ1v) is 14.0. The van der Waals surface area contributed by atoms with Crippen molar-refractivity contribution in [1.29, 1.82) is 0 Å². The first-order chi connectivity index (χ1) is 20.2. The van der Waals surface area contributed by atoms with E-state index in [4.69, 9.17) is 4.74 Å². The second-order valence-corrected chi connectivity index (χ2v) is 10.8. The molecule has 42 heavy (non-hydrogen) atoms. The van der Waals surface area contributed by atoms with Gasteiger partial charge in [0.05, 0.1) is 17.7 Å². The summed E-state index contributed by atoms with van der Waals surface area (Å²) in [5.41, 5.74) is 1.97. The number of pyridine rings is 1. The summed E-state index contributed by atoms with van der Waals surface area (Å²) in [6.07, 6.45) is 4.68. The van der Waals surface area contributed by atoms with Crippen molar-refractivity contribution < 1.29 is 31.3 Å². The molecule has 1 N–H and O–H groups in total. The summed E-state index contributed by atoms with van der Waals surface area (Å²) in [4.78, 5) is 7.40. The summed E-state index contributed by atoms with van der Waals surface area (Å²) < 4.78 is 77.7. The van der Waals surface area contributed by atoms with Crippen molar-refractivity contribution in [2.24, 2.45) is 5.92 Å². The van der Waals surface area contributed by atoms with Crippen molar-refractivity contribution in [1.82, 2.24) is 9.97 Å². The van der Waals surface area contributed by atoms with Gasteiger partial charge in [0, 0.05) is 11.6 Å². The van der Waals surface area contributed by atoms with Gasteiger partial charge < -0.3 is 9.72 Å². The quantitative estimate of drug-likeness (QED) is 0.155. The Hall–Kier alpha value is -4.27. The Bertz CT molecular complexity index is 1710. The third-order valence-corrected chi connectivity index (χ3v) is 7.82. The molecule has 2 heterocycles. The first-order valence-electron chi connectivity index (χ1n) is 14.0. The van der Waals surface area contributed by atoms with Crippen LogP contribution in [-0.4, -0.2) is 16.6 Å². The minimum Gasteiger partial charge on any atom is -0.493 e. The van der Waals surface area contributed by atoms with Crippen LogP contribution in [0.5, 0.6) is 5.75 Å². The molecule has 9 heteroatoms. The maximum atomic E-state index is 14.2. The molecule has 0 aliphatic heterocycles. The van der Waals surface area contributed by atoms with Gasteiger partial charge in [-0.25, -0.2) is 13.8 Å². The number of hydrogen-bond donors (Lipinski definition) is 1. The van der Waals surface area contributed by atoms with Crippen molar-refractivity contribution in [2.75, 3.05) is 6.61 Å². The van der Waals surface area contributed by atoms with Crippen molar-refractivity contribution in [3.05, 3.63) is 102 Å². The SMILES string of the molecule is Fc1cccc(-c2nc3cc[n+](Cc4ccc(-c5ccc(OCC6CCCCC6)cc5C(F)(F)F)cc4)cc3[nH]2)c1F. The van der Waals surface area contributed by atoms with E-state index in [0.29, 0.717) is 35.7 Å². The van der Waals surface area contributed by atoms with E-state index in [-0.39, 0.29) is 22.7 Å². The van der Waals surface area contributed by atoms with Crippen LogP contribution in [-0.2, 0) is 12.7 Å². The number of ether oxygens (including phenoxy) is 1. The average molecular weight is 579 g/mol. The number of nitrogens with one attached hydrogen (secondary N) is 1. The number of fused-ring (bicyclic) bond motifs is 1. The molecule has 1 saturated carbocycles. The predicted octanol–water partition coefficient (Wildman–Crippen LogP) is 8.49. The Morgan fingerprint density at radius 2 is 1.69 bits per heavy atom. The van der Waals surface area contributed by atoms with Gasteiger partial charge in [0.1, 0.15) is 22.6 Å². The van der Waals surface area contributed by atoms with Gasteiger partial charge in [0.25, 0.3) is 0 Å². The van der Waals surface area contributed by atoms with E-state index in [9.17, 15) is 22.0 Å². The number of aromatic amines is 1. The highest BCUT2D eigenvalue weighted by Crippen LogP contribution is 2.39. The lowest BCUT2D eigenvalue weighted by Crippen LogP contribution is -2.33. The number of aromatic nitrogens is 3. The van der Waals surface area contributed by atoms with Crippen LogP contribution in [0.1, 0.15) is 43.2 Å². The number of benzene rings is 3. The van der Waals surface area contributed by atoms with Crippen LogP contribution < -0.4 is 9.30 Å². The summed E-state index contributed by atoms with van der Waals surface area (Å²) in [6, 6.07) is 16.8. The van der Waals surface area contributed by atoms with E-state index < -0.39 is 23.4 Å². The fourth-order valence-corrected chi connectivity index (χ4v) is 5.58. The predicted molar refractivity (Wildman–Crippen MR) is 150 cm³/mol. The highest BCUT2D eigenvalue weighted by Gasteiger charge is 2.34. The van der Waals surface area contributed by atoms with Gasteiger partial charge in [0.15, 0.2) is 30.6 Å². The van der Waals surface area contributed by atoms with Crippen LogP contribution in [0.4, 0.5) is 22.0 Å². The summed E-state index contributed by atoms with van der Waals surface area (Å²) >= 11 is 0. The highest BCUT2D eigenvalue weighted by atomic mass is 19.4. The van der Waals surface area contributed by atoms with E-state index in [1.54, 1.807) is 48.8 Å². The van der Waals surface area contributed by atoms with Crippen LogP contribution in [0.25, 0.3) is 33.5 Å². The minimum atomic E-state index is -4.53. The number of alkyl halides is 3. The number of halogens is 5. The standard InChI is InChI=1S/C33H28F5N3O/c34-28-8-4-7-26(31(28)35)32-39-29-15-16-41(19-30(29)40-32)18-21-9-11-23(12-10-21)25-14-13-24(17-27(25)33(36,37)38)42-20-22-5-2-1-3-6-22/h4,7-17,19,22H,1-3,5-6,18,20H2/p+1. The zero-order chi connectivity index (χ0) is 29.3. The van der Waals surface area contributed by atoms with Crippen molar-refractivity contribution in [3.63, 3.8) is 0 Å². The molecule has 0 amide bonds. The average Bonchev–Trinajstić information content (AvgIpc) is 3.41. The molecular weight excluding hydrogens is 549 g/mol. The monoisotopic (exact) mass is 578 g/mol. The van der Waals surface area contributed by atoms with Gasteiger partial charge in [0.2, 0.25) is 0 Å². The fourth-order valence-electron chi connectivity index (χ4n) is 5.58. The molecule has 0 atom stereocenters. The number of nitrogens with zero attached hydrogens (tertiary/aromatic N) is 2. The van der Waals surface area contributed by atoms with Crippen LogP contribution in [0.2, 0.25) is 0 Å². The normalized spacial score (nSPS) is 14.4. The molecule has 4 nitrogen and oxygen atoms in total. The van der Waals surface area contributed by atoms with Crippen molar-refractivity contribution in [2.45, 2.75) is 44.8 Å². The van der Waals surface area contributed by atoms with E-state index in [2.05, 4.69) is 9.97 Å². The molecule has 5 aromatic rings. The highest BCUT2D eigenvalue weighted by molar-refractivity contribution is 5.77. The van der Waals surface area contributed by atoms with Gasteiger partial charge in [-0.3, -0.25) is 0 Å². The largest absolute Gasteiger partial charge is 0.493 e. The molecule has 1 fully saturated rings. The Morgan fingerprint density at radius 1 is 0.905 bits per heavy atom. The molecule has 1 aliphatic rings. The van der Waals surface area contributed by atoms with Crippen LogP contribution >= 0.6 is 0 Å². The summed E-state index contributed by atoms with van der Waals surface area (Å²) in [5.74, 6) is -1.07. The molecule has 0 unspecified atom stereocenters. The third-order valence-electron chi connectivity index (χ3n) is 7.82. The Morgan fingerprint density at radius 3 is 2.45 bits per heavy atom. The molecule has 1 aliphatic carbocycles. The van der Waals surface area contributed by atoms with Crippen molar-refractivity contribution >= 4 is 11.0 Å². The lowest BCUT2D eigenvalue weighted by molar-refractivity contribution is -0.687. The van der Waals surface area contributed by atoms with E-state index in [1.165, 1.54) is 24.6 Å². The minimum absolute atomic E-state index is 0.0374. The molecule has 0 radical (unpaired) electrons. The Labute approximate surface area is 239 Å². The first kappa shape index (κ1) is 27.9. The molecule has 0 bridgehead atoms. The van der Waals surface area contributed by atoms with Crippen LogP contribution in [0, 0.1) is 17.6 Å². The fraction of sp³-hybridized carbons (Fsp3) is 0.273. The maximum absolute atomic E-state index is 14.2. The molecule has 0 saturated heterocycles. The molecule has 6 rings (SSSR count). The van der Waals surface area contributed by atoms with Gasteiger partial charge in [-0.1, -0.05) is 55.7 Å². The zero-order valence-electron chi connectivity index (χ0n) is 22.7. The molecule has 2 aromatic heterocycles. The number of rotatable bonds is 7. The Kier molecular flexibility index (Phi) is 7.66. The summed E-state index contributed by atoms with van der Waals surface area (Å²) in [5, 5.41) is 0. The second kappa shape index (κ2) is 11.5. The lowest BCUT2D eigenvalue weighted by atomic mass is 9.90. The summed E-state index contributed by atoms with van der Waals surface area (Å²) in [7, 11) is 0. The molecule has 0 spiro atoms. The van der Waals surface area contributed by atoms with E-state index >= 15 is 0 Å². The lowest BCUT2D eigenvalue weighted by Gasteiger charge is -2.22. The zero-order valence-corrected chi connectivity index (χ0v) is 22.7. The Balaban J connectivity index is 1.19. The van der Waals surface area contributed by atoms with Crippen molar-refractivity contribution in [3.8, 4) is 28.3 Å². The van der Waals surface area contributed by atoms with E-state index in [1.807, 2.05) is 4.57 Å². The van der Waals surface area contributed by atoms with Gasteiger partial charge >= 0.3 is 6.18 Å². The molecular formula is C33H29F5N3O+. The van der Waals surface area contributed by atoms with Crippen LogP contribution in [0.15, 0.2) is 79.1 Å². The maximum Gasteiger partial charge on any atom is 0.417 e. The molecule has 216 valence electrons. The van der Waals surface area contributed by atoms with Crippen LogP contribution in [0.3, 0.4) is 0 Å². The number of H-pyrrole nitrogens is 1. The topological polar surface area (TPSA) is 41.8 Å². The van der Waals surface area contributed by atoms with E-state index in [0.717, 1.165) is 43.4 Å². The smallest absolute Gasteiger partial charge is 0.417 e. The second-order valence-electron chi connectivity index (χ2n) is 10.8. The summed E-state index contributed by atoms with van der Waals surface area (Å²) in [6.45, 7) is 0.884. The third kappa shape index (κ3) is 6.00.